The predicted octanol–water partition coefficient (Wildman–Crippen LogP) is 3.44. The Morgan fingerprint density at radius 2 is 1.79 bits per heavy atom. The first-order valence-electron chi connectivity index (χ1n) is 5.33. The minimum Gasteiger partial charge on any atom is -0.478 e. The summed E-state index contributed by atoms with van der Waals surface area (Å²) in [4.78, 5) is 22.7. The van der Waals surface area contributed by atoms with Crippen LogP contribution in [0.1, 0.15) is 25.6 Å². The Hall–Kier alpha value is -1.79. The van der Waals surface area contributed by atoms with Crippen molar-refractivity contribution in [2.75, 3.05) is 0 Å². The molecule has 2 N–H and O–H groups in total. The van der Waals surface area contributed by atoms with Gasteiger partial charge in [0, 0.05) is 16.0 Å². The van der Waals surface area contributed by atoms with Crippen LogP contribution in [-0.4, -0.2) is 22.2 Å². The molecule has 0 saturated heterocycles. The van der Waals surface area contributed by atoms with Crippen molar-refractivity contribution in [3.05, 3.63) is 51.7 Å². The summed E-state index contributed by atoms with van der Waals surface area (Å²) in [5.41, 5.74) is 1.26. The topological polar surface area (TPSA) is 74.6 Å². The van der Waals surface area contributed by atoms with Gasteiger partial charge in [0.2, 0.25) is 0 Å². The van der Waals surface area contributed by atoms with Gasteiger partial charge in [-0.25, -0.2) is 9.59 Å². The number of carbonyl (C=O) groups is 2. The van der Waals surface area contributed by atoms with Gasteiger partial charge >= 0.3 is 11.9 Å². The SMILES string of the molecule is O=C(O)c1ccc(CSc2csc(C(=O)O)c2)cc1. The minimum atomic E-state index is -0.942. The highest BCUT2D eigenvalue weighted by Crippen LogP contribution is 2.27. The number of thiophene rings is 1. The van der Waals surface area contributed by atoms with E-state index in [4.69, 9.17) is 10.2 Å². The zero-order chi connectivity index (χ0) is 13.8. The van der Waals surface area contributed by atoms with Crippen molar-refractivity contribution in [1.82, 2.24) is 0 Å². The van der Waals surface area contributed by atoms with Crippen LogP contribution in [0.4, 0.5) is 0 Å². The largest absolute Gasteiger partial charge is 0.478 e. The molecule has 0 atom stereocenters. The maximum atomic E-state index is 10.7. The normalized spacial score (nSPS) is 10.3. The molecular formula is C13H10O4S2. The highest BCUT2D eigenvalue weighted by Gasteiger charge is 2.07. The molecule has 0 saturated carbocycles. The lowest BCUT2D eigenvalue weighted by Gasteiger charge is -2.00. The third-order valence-electron chi connectivity index (χ3n) is 2.39. The van der Waals surface area contributed by atoms with Crippen LogP contribution in [0.15, 0.2) is 40.6 Å². The van der Waals surface area contributed by atoms with E-state index in [-0.39, 0.29) is 5.56 Å². The molecule has 1 aromatic heterocycles. The Kier molecular flexibility index (Phi) is 4.24. The van der Waals surface area contributed by atoms with E-state index in [0.717, 1.165) is 10.5 Å². The molecule has 0 bridgehead atoms. The van der Waals surface area contributed by atoms with Crippen LogP contribution in [0.25, 0.3) is 0 Å². The quantitative estimate of drug-likeness (QED) is 0.826. The van der Waals surface area contributed by atoms with Gasteiger partial charge in [0.05, 0.1) is 5.56 Å². The molecule has 4 nitrogen and oxygen atoms in total. The Bertz CT molecular complexity index is 601. The smallest absolute Gasteiger partial charge is 0.345 e. The van der Waals surface area contributed by atoms with Crippen molar-refractivity contribution < 1.29 is 19.8 Å². The maximum absolute atomic E-state index is 10.7. The molecule has 98 valence electrons. The van der Waals surface area contributed by atoms with E-state index in [1.807, 2.05) is 0 Å². The van der Waals surface area contributed by atoms with E-state index < -0.39 is 11.9 Å². The van der Waals surface area contributed by atoms with E-state index in [0.29, 0.717) is 10.6 Å². The zero-order valence-electron chi connectivity index (χ0n) is 9.70. The molecule has 0 unspecified atom stereocenters. The summed E-state index contributed by atoms with van der Waals surface area (Å²) in [6.07, 6.45) is 0. The first-order chi connectivity index (χ1) is 9.06. The Morgan fingerprint density at radius 3 is 2.32 bits per heavy atom. The van der Waals surface area contributed by atoms with Gasteiger partial charge in [0.15, 0.2) is 0 Å². The number of benzene rings is 1. The molecule has 2 aromatic rings. The lowest BCUT2D eigenvalue weighted by Crippen LogP contribution is -1.95. The second-order valence-electron chi connectivity index (χ2n) is 3.74. The molecule has 6 heteroatoms. The first-order valence-corrected chi connectivity index (χ1v) is 7.19. The van der Waals surface area contributed by atoms with Gasteiger partial charge in [-0.3, -0.25) is 0 Å². The van der Waals surface area contributed by atoms with Crippen molar-refractivity contribution in [2.45, 2.75) is 10.6 Å². The van der Waals surface area contributed by atoms with Gasteiger partial charge in [-0.1, -0.05) is 12.1 Å². The van der Waals surface area contributed by atoms with Gasteiger partial charge in [-0.05, 0) is 23.8 Å². The molecule has 0 aliphatic rings. The highest BCUT2D eigenvalue weighted by molar-refractivity contribution is 7.98. The molecule has 0 spiro atoms. The fraction of sp³-hybridized carbons (Fsp3) is 0.0769. The monoisotopic (exact) mass is 294 g/mol. The molecular weight excluding hydrogens is 284 g/mol. The average molecular weight is 294 g/mol. The van der Waals surface area contributed by atoms with Crippen LogP contribution in [0, 0.1) is 0 Å². The third kappa shape index (κ3) is 3.59. The van der Waals surface area contributed by atoms with Crippen molar-refractivity contribution in [2.24, 2.45) is 0 Å². The van der Waals surface area contributed by atoms with Crippen molar-refractivity contribution in [3.8, 4) is 0 Å². The van der Waals surface area contributed by atoms with E-state index >= 15 is 0 Å². The fourth-order valence-corrected chi connectivity index (χ4v) is 3.24. The number of aromatic carboxylic acids is 2. The molecule has 19 heavy (non-hydrogen) atoms. The summed E-state index contributed by atoms with van der Waals surface area (Å²) in [5, 5.41) is 19.4. The number of rotatable bonds is 5. The number of carboxylic acid groups (broad SMARTS) is 2. The lowest BCUT2D eigenvalue weighted by atomic mass is 10.1. The van der Waals surface area contributed by atoms with Crippen LogP contribution in [0.3, 0.4) is 0 Å². The molecule has 0 amide bonds. The standard InChI is InChI=1S/C13H10O4S2/c14-12(15)9-3-1-8(2-4-9)6-18-10-5-11(13(16)17)19-7-10/h1-5,7H,6H2,(H,14,15)(H,16,17). The second kappa shape index (κ2) is 5.90. The molecule has 0 aliphatic carbocycles. The van der Waals surface area contributed by atoms with Gasteiger partial charge in [-0.2, -0.15) is 0 Å². The van der Waals surface area contributed by atoms with E-state index in [2.05, 4.69) is 0 Å². The molecule has 2 rings (SSSR count). The molecule has 1 heterocycles. The Morgan fingerprint density at radius 1 is 1.11 bits per heavy atom. The van der Waals surface area contributed by atoms with Crippen LogP contribution in [0.2, 0.25) is 0 Å². The van der Waals surface area contributed by atoms with Crippen LogP contribution >= 0.6 is 23.1 Å². The maximum Gasteiger partial charge on any atom is 0.345 e. The highest BCUT2D eigenvalue weighted by atomic mass is 32.2. The van der Waals surface area contributed by atoms with Gasteiger partial charge in [0.1, 0.15) is 4.88 Å². The molecule has 0 aliphatic heterocycles. The number of thioether (sulfide) groups is 1. The van der Waals surface area contributed by atoms with E-state index in [1.165, 1.54) is 23.1 Å². The number of hydrogen-bond acceptors (Lipinski definition) is 4. The summed E-state index contributed by atoms with van der Waals surface area (Å²) in [5.74, 6) is -1.18. The number of carboxylic acids is 2. The molecule has 0 fully saturated rings. The fourth-order valence-electron chi connectivity index (χ4n) is 1.42. The molecule has 1 aromatic carbocycles. The van der Waals surface area contributed by atoms with Crippen molar-refractivity contribution >= 4 is 35.0 Å². The summed E-state index contributed by atoms with van der Waals surface area (Å²) in [6, 6.07) is 8.30. The summed E-state index contributed by atoms with van der Waals surface area (Å²) >= 11 is 2.73. The lowest BCUT2D eigenvalue weighted by molar-refractivity contribution is 0.0688. The third-order valence-corrected chi connectivity index (χ3v) is 4.51. The van der Waals surface area contributed by atoms with Gasteiger partial charge in [0.25, 0.3) is 0 Å². The minimum absolute atomic E-state index is 0.262. The summed E-state index contributed by atoms with van der Waals surface area (Å²) < 4.78 is 0. The summed E-state index contributed by atoms with van der Waals surface area (Å²) in [7, 11) is 0. The predicted molar refractivity (Wildman–Crippen MR) is 74.2 cm³/mol. The van der Waals surface area contributed by atoms with Gasteiger partial charge in [-0.15, -0.1) is 23.1 Å². The Balaban J connectivity index is 1.97. The molecule has 0 radical (unpaired) electrons. The second-order valence-corrected chi connectivity index (χ2v) is 5.70. The summed E-state index contributed by atoms with van der Waals surface area (Å²) in [6.45, 7) is 0. The Labute approximate surface area is 117 Å². The average Bonchev–Trinajstić information content (AvgIpc) is 2.86. The first kappa shape index (κ1) is 13.6. The van der Waals surface area contributed by atoms with Crippen molar-refractivity contribution in [1.29, 1.82) is 0 Å². The van der Waals surface area contributed by atoms with E-state index in [1.54, 1.807) is 35.7 Å². The zero-order valence-corrected chi connectivity index (χ0v) is 11.3. The van der Waals surface area contributed by atoms with Crippen molar-refractivity contribution in [3.63, 3.8) is 0 Å². The van der Waals surface area contributed by atoms with Crippen LogP contribution in [-0.2, 0) is 5.75 Å². The van der Waals surface area contributed by atoms with Crippen LogP contribution in [0.5, 0.6) is 0 Å². The van der Waals surface area contributed by atoms with E-state index in [9.17, 15) is 9.59 Å². The van der Waals surface area contributed by atoms with Crippen LogP contribution < -0.4 is 0 Å². The number of hydrogen-bond donors (Lipinski definition) is 2. The van der Waals surface area contributed by atoms with Gasteiger partial charge < -0.3 is 10.2 Å².